The Balaban J connectivity index is 0.00000480. The molecule has 0 radical (unpaired) electrons. The van der Waals surface area contributed by atoms with Crippen molar-refractivity contribution in [3.63, 3.8) is 0 Å². The van der Waals surface area contributed by atoms with Gasteiger partial charge in [0.2, 0.25) is 0 Å². The van der Waals surface area contributed by atoms with E-state index in [1.54, 1.807) is 7.11 Å². The highest BCUT2D eigenvalue weighted by atomic mass is 127. The molecule has 1 aliphatic rings. The van der Waals surface area contributed by atoms with E-state index in [4.69, 9.17) is 19.2 Å². The zero-order valence-corrected chi connectivity index (χ0v) is 22.1. The molecule has 0 saturated carbocycles. The summed E-state index contributed by atoms with van der Waals surface area (Å²) in [4.78, 5) is 7.37. The van der Waals surface area contributed by atoms with Crippen LogP contribution in [0.1, 0.15) is 52.1 Å². The van der Waals surface area contributed by atoms with Crippen LogP contribution in [0.4, 0.5) is 0 Å². The van der Waals surface area contributed by atoms with Crippen molar-refractivity contribution < 1.29 is 14.2 Å². The number of halogens is 1. The average Bonchev–Trinajstić information content (AvgIpc) is 3.19. The molecule has 8 heteroatoms. The summed E-state index contributed by atoms with van der Waals surface area (Å²) in [5.74, 6) is 2.41. The quantitative estimate of drug-likeness (QED) is 0.235. The van der Waals surface area contributed by atoms with Crippen molar-refractivity contribution in [2.75, 3.05) is 53.1 Å². The van der Waals surface area contributed by atoms with Gasteiger partial charge < -0.3 is 24.8 Å². The van der Waals surface area contributed by atoms with Gasteiger partial charge in [-0.2, -0.15) is 0 Å². The van der Waals surface area contributed by atoms with Crippen LogP contribution in [-0.4, -0.2) is 70.0 Å². The first-order valence-corrected chi connectivity index (χ1v) is 11.3. The van der Waals surface area contributed by atoms with Crippen LogP contribution in [0.5, 0.6) is 11.5 Å². The van der Waals surface area contributed by atoms with Gasteiger partial charge in [0.25, 0.3) is 0 Å². The summed E-state index contributed by atoms with van der Waals surface area (Å²) < 4.78 is 16.7. The molecule has 1 aromatic carbocycles. The number of benzene rings is 1. The lowest BCUT2D eigenvalue weighted by Gasteiger charge is -2.24. The van der Waals surface area contributed by atoms with E-state index in [0.717, 1.165) is 55.8 Å². The summed E-state index contributed by atoms with van der Waals surface area (Å²) in [7, 11) is 1.76. The minimum atomic E-state index is 0. The lowest BCUT2D eigenvalue weighted by Crippen LogP contribution is -2.40. The number of nitrogens with zero attached hydrogens (tertiary/aromatic N) is 2. The molecule has 2 atom stereocenters. The standard InChI is InChI=1S/C23H40N4O3.HI/c1-6-24-23(25-17-20-10-9-13-27(20)14-15-28-5)26-18(4)19-11-12-21(29-7-2)22(16-19)30-8-3;/h11-12,16,18,20H,6-10,13-15,17H2,1-5H3,(H2,24,25,26);1H. The molecule has 2 unspecified atom stereocenters. The summed E-state index contributed by atoms with van der Waals surface area (Å²) in [6.45, 7) is 13.9. The first-order chi connectivity index (χ1) is 14.6. The van der Waals surface area contributed by atoms with E-state index < -0.39 is 0 Å². The van der Waals surface area contributed by atoms with Gasteiger partial charge in [-0.3, -0.25) is 9.89 Å². The van der Waals surface area contributed by atoms with Crippen LogP contribution in [-0.2, 0) is 4.74 Å². The van der Waals surface area contributed by atoms with Gasteiger partial charge in [0.05, 0.1) is 32.4 Å². The normalized spacial score (nSPS) is 17.7. The van der Waals surface area contributed by atoms with Gasteiger partial charge >= 0.3 is 0 Å². The van der Waals surface area contributed by atoms with E-state index >= 15 is 0 Å². The molecule has 1 heterocycles. The molecule has 178 valence electrons. The number of ether oxygens (including phenoxy) is 3. The second-order valence-corrected chi connectivity index (χ2v) is 7.48. The molecular formula is C23H41IN4O3. The third-order valence-electron chi connectivity index (χ3n) is 5.31. The van der Waals surface area contributed by atoms with Gasteiger partial charge in [0.15, 0.2) is 17.5 Å². The summed E-state index contributed by atoms with van der Waals surface area (Å²) in [6, 6.07) is 6.70. The van der Waals surface area contributed by atoms with Gasteiger partial charge in [-0.25, -0.2) is 0 Å². The Morgan fingerprint density at radius 3 is 2.61 bits per heavy atom. The predicted molar refractivity (Wildman–Crippen MR) is 138 cm³/mol. The van der Waals surface area contributed by atoms with E-state index in [1.165, 1.54) is 12.8 Å². The molecular weight excluding hydrogens is 507 g/mol. The predicted octanol–water partition coefficient (Wildman–Crippen LogP) is 3.83. The highest BCUT2D eigenvalue weighted by Gasteiger charge is 2.24. The molecule has 1 saturated heterocycles. The molecule has 1 aliphatic heterocycles. The SMILES string of the molecule is CCNC(=NCC1CCCN1CCOC)NC(C)c1ccc(OCC)c(OCC)c1.I. The number of aliphatic imine (C=N–C) groups is 1. The highest BCUT2D eigenvalue weighted by molar-refractivity contribution is 14.0. The highest BCUT2D eigenvalue weighted by Crippen LogP contribution is 2.30. The number of guanidine groups is 1. The first kappa shape index (κ1) is 27.8. The molecule has 0 amide bonds. The lowest BCUT2D eigenvalue weighted by atomic mass is 10.1. The topological polar surface area (TPSA) is 67.4 Å². The molecule has 2 rings (SSSR count). The van der Waals surface area contributed by atoms with E-state index in [0.29, 0.717) is 19.3 Å². The summed E-state index contributed by atoms with van der Waals surface area (Å²) in [5.41, 5.74) is 1.13. The van der Waals surface area contributed by atoms with Gasteiger partial charge in [0.1, 0.15) is 0 Å². The number of methoxy groups -OCH3 is 1. The molecule has 0 aliphatic carbocycles. The van der Waals surface area contributed by atoms with E-state index in [1.807, 2.05) is 19.9 Å². The Morgan fingerprint density at radius 1 is 1.19 bits per heavy atom. The number of likely N-dealkylation sites (tertiary alicyclic amines) is 1. The maximum atomic E-state index is 5.78. The van der Waals surface area contributed by atoms with Crippen LogP contribution in [0.15, 0.2) is 23.2 Å². The van der Waals surface area contributed by atoms with E-state index in [2.05, 4.69) is 41.5 Å². The summed E-state index contributed by atoms with van der Waals surface area (Å²) in [6.07, 6.45) is 2.43. The van der Waals surface area contributed by atoms with Gasteiger partial charge in [-0.05, 0) is 64.8 Å². The zero-order chi connectivity index (χ0) is 21.8. The van der Waals surface area contributed by atoms with Crippen LogP contribution in [0, 0.1) is 0 Å². The third kappa shape index (κ3) is 9.02. The number of rotatable bonds is 12. The molecule has 0 spiro atoms. The summed E-state index contributed by atoms with van der Waals surface area (Å²) >= 11 is 0. The van der Waals surface area contributed by atoms with Gasteiger partial charge in [-0.15, -0.1) is 24.0 Å². The van der Waals surface area contributed by atoms with Crippen molar-refractivity contribution >= 4 is 29.9 Å². The van der Waals surface area contributed by atoms with Gasteiger partial charge in [0, 0.05) is 26.2 Å². The third-order valence-corrected chi connectivity index (χ3v) is 5.31. The number of nitrogens with one attached hydrogen (secondary N) is 2. The maximum Gasteiger partial charge on any atom is 0.191 e. The van der Waals surface area contributed by atoms with Crippen molar-refractivity contribution in [2.24, 2.45) is 4.99 Å². The minimum absolute atomic E-state index is 0. The Hall–Kier alpha value is -1.26. The zero-order valence-electron chi connectivity index (χ0n) is 19.8. The van der Waals surface area contributed by atoms with E-state index in [-0.39, 0.29) is 30.0 Å². The van der Waals surface area contributed by atoms with Crippen LogP contribution in [0.25, 0.3) is 0 Å². The van der Waals surface area contributed by atoms with Crippen LogP contribution in [0.2, 0.25) is 0 Å². The van der Waals surface area contributed by atoms with Crippen molar-refractivity contribution in [2.45, 2.75) is 52.6 Å². The smallest absolute Gasteiger partial charge is 0.191 e. The average molecular weight is 549 g/mol. The van der Waals surface area contributed by atoms with Crippen LogP contribution < -0.4 is 20.1 Å². The Labute approximate surface area is 205 Å². The summed E-state index contributed by atoms with van der Waals surface area (Å²) in [5, 5.41) is 6.91. The molecule has 1 aromatic rings. The maximum absolute atomic E-state index is 5.78. The second kappa shape index (κ2) is 15.5. The van der Waals surface area contributed by atoms with Gasteiger partial charge in [-0.1, -0.05) is 6.07 Å². The number of hydrogen-bond acceptors (Lipinski definition) is 5. The Kier molecular flexibility index (Phi) is 13.9. The fourth-order valence-corrected chi connectivity index (χ4v) is 3.75. The Bertz CT molecular complexity index is 660. The molecule has 31 heavy (non-hydrogen) atoms. The molecule has 0 aromatic heterocycles. The van der Waals surface area contributed by atoms with Crippen LogP contribution >= 0.6 is 24.0 Å². The van der Waals surface area contributed by atoms with Crippen molar-refractivity contribution in [1.29, 1.82) is 0 Å². The molecule has 2 N–H and O–H groups in total. The fourth-order valence-electron chi connectivity index (χ4n) is 3.75. The fraction of sp³-hybridized carbons (Fsp3) is 0.696. The molecule has 0 bridgehead atoms. The molecule has 7 nitrogen and oxygen atoms in total. The second-order valence-electron chi connectivity index (χ2n) is 7.48. The number of hydrogen-bond donors (Lipinski definition) is 2. The monoisotopic (exact) mass is 548 g/mol. The molecule has 1 fully saturated rings. The lowest BCUT2D eigenvalue weighted by molar-refractivity contribution is 0.142. The van der Waals surface area contributed by atoms with Crippen molar-refractivity contribution in [1.82, 2.24) is 15.5 Å². The van der Waals surface area contributed by atoms with E-state index in [9.17, 15) is 0 Å². The first-order valence-electron chi connectivity index (χ1n) is 11.3. The Morgan fingerprint density at radius 2 is 1.94 bits per heavy atom. The van der Waals surface area contributed by atoms with Crippen molar-refractivity contribution in [3.8, 4) is 11.5 Å². The minimum Gasteiger partial charge on any atom is -0.490 e. The largest absolute Gasteiger partial charge is 0.490 e. The van der Waals surface area contributed by atoms with Crippen LogP contribution in [0.3, 0.4) is 0 Å². The van der Waals surface area contributed by atoms with Crippen molar-refractivity contribution in [3.05, 3.63) is 23.8 Å².